The first-order chi connectivity index (χ1) is 11.8. The third-order valence-electron chi connectivity index (χ3n) is 8.42. The summed E-state index contributed by atoms with van der Waals surface area (Å²) in [5, 5.41) is 3.06. The van der Waals surface area contributed by atoms with E-state index in [4.69, 9.17) is 4.74 Å². The number of nitrogens with zero attached hydrogens (tertiary/aromatic N) is 1. The van der Waals surface area contributed by atoms with Gasteiger partial charge in [0.2, 0.25) is 11.8 Å². The van der Waals surface area contributed by atoms with Crippen LogP contribution in [0, 0.1) is 47.3 Å². The van der Waals surface area contributed by atoms with Crippen molar-refractivity contribution >= 4 is 23.7 Å². The lowest BCUT2D eigenvalue weighted by molar-refractivity contribution is -0.255. The number of rotatable bonds is 2. The number of fused-ring (bicyclic) bond motifs is 1. The molecule has 0 spiro atoms. The summed E-state index contributed by atoms with van der Waals surface area (Å²) in [6, 6.07) is 0. The van der Waals surface area contributed by atoms with Crippen LogP contribution in [0.1, 0.15) is 27.2 Å². The largest absolute Gasteiger partial charge is 0.448 e. The highest BCUT2D eigenvalue weighted by Crippen LogP contribution is 2.90. The van der Waals surface area contributed by atoms with Crippen molar-refractivity contribution in [2.75, 3.05) is 0 Å². The van der Waals surface area contributed by atoms with Crippen molar-refractivity contribution in [3.63, 3.8) is 0 Å². The van der Waals surface area contributed by atoms with Crippen molar-refractivity contribution < 1.29 is 23.9 Å². The smallest absolute Gasteiger partial charge is 0.303 e. The predicted octanol–water partition coefficient (Wildman–Crippen LogP) is -0.103. The molecule has 2 saturated heterocycles. The molecule has 4 bridgehead atoms. The molecule has 7 nitrogen and oxygen atoms in total. The molecular formula is C18H20N2O5. The Labute approximate surface area is 144 Å². The minimum Gasteiger partial charge on any atom is -0.448 e. The summed E-state index contributed by atoms with van der Waals surface area (Å²) in [6.45, 7) is 4.15. The monoisotopic (exact) mass is 344 g/mol. The van der Waals surface area contributed by atoms with Crippen LogP contribution in [0.25, 0.3) is 0 Å². The summed E-state index contributed by atoms with van der Waals surface area (Å²) >= 11 is 0. The fourth-order valence-electron chi connectivity index (χ4n) is 8.85. The molecule has 0 radical (unpaired) electrons. The quantitative estimate of drug-likeness (QED) is 0.706. The van der Waals surface area contributed by atoms with Gasteiger partial charge >= 0.3 is 5.97 Å². The van der Waals surface area contributed by atoms with E-state index in [1.807, 2.05) is 0 Å². The number of piperidine rings is 2. The lowest BCUT2D eigenvalue weighted by Crippen LogP contribution is -2.86. The zero-order valence-corrected chi connectivity index (χ0v) is 14.3. The first-order valence-electron chi connectivity index (χ1n) is 9.12. The lowest BCUT2D eigenvalue weighted by Gasteiger charge is -2.67. The Morgan fingerprint density at radius 1 is 1.04 bits per heavy atom. The van der Waals surface area contributed by atoms with Crippen molar-refractivity contribution in [1.29, 1.82) is 0 Å². The van der Waals surface area contributed by atoms with Crippen LogP contribution >= 0.6 is 0 Å². The first kappa shape index (κ1) is 14.3. The fraction of sp³-hybridized carbons (Fsp3) is 0.778. The van der Waals surface area contributed by atoms with Gasteiger partial charge in [-0.3, -0.25) is 24.1 Å². The molecule has 7 heteroatoms. The van der Waals surface area contributed by atoms with Gasteiger partial charge in [0, 0.05) is 44.4 Å². The second-order valence-electron chi connectivity index (χ2n) is 8.87. The van der Waals surface area contributed by atoms with E-state index in [0.29, 0.717) is 23.7 Å². The molecule has 7 fully saturated rings. The van der Waals surface area contributed by atoms with E-state index in [1.165, 1.54) is 25.7 Å². The van der Waals surface area contributed by atoms with Crippen LogP contribution in [-0.2, 0) is 23.9 Å². The maximum atomic E-state index is 13.5. The molecule has 5 aliphatic carbocycles. The van der Waals surface area contributed by atoms with E-state index in [9.17, 15) is 19.2 Å². The Morgan fingerprint density at radius 3 is 2.28 bits per heavy atom. The standard InChI is InChI=1S/C18H20N2O5/c1-5(21)19-18-13-9-4-8-10-11(9)15(18)14(10)17(12(8)13,25-7(3)23)16(24)20(18)6(2)22/h8-15H,4H2,1-3H3,(H,19,21). The van der Waals surface area contributed by atoms with Gasteiger partial charge in [-0.05, 0) is 30.1 Å². The SMILES string of the molecule is CC(=O)NC12C3C4CC5C6C4C1C6C(OC(C)=O)(C(=O)N2C(C)=O)C53. The van der Waals surface area contributed by atoms with Gasteiger partial charge in [0.05, 0.1) is 0 Å². The van der Waals surface area contributed by atoms with Crippen LogP contribution in [0.15, 0.2) is 0 Å². The van der Waals surface area contributed by atoms with Crippen molar-refractivity contribution in [2.45, 2.75) is 38.5 Å². The third kappa shape index (κ3) is 1.05. The summed E-state index contributed by atoms with van der Waals surface area (Å²) in [7, 11) is 0. The molecule has 3 amide bonds. The van der Waals surface area contributed by atoms with Gasteiger partial charge in [-0.25, -0.2) is 0 Å². The van der Waals surface area contributed by atoms with E-state index < -0.39 is 23.1 Å². The highest BCUT2D eigenvalue weighted by Gasteiger charge is 2.98. The highest BCUT2D eigenvalue weighted by molar-refractivity contribution is 6.04. The molecule has 5 saturated carbocycles. The molecule has 7 aliphatic rings. The second-order valence-corrected chi connectivity index (χ2v) is 8.87. The summed E-state index contributed by atoms with van der Waals surface area (Å²) < 4.78 is 5.80. The molecule has 0 aromatic rings. The molecule has 10 atom stereocenters. The number of imide groups is 1. The average Bonchev–Trinajstić information content (AvgIpc) is 2.97. The Bertz CT molecular complexity index is 809. The summed E-state index contributed by atoms with van der Waals surface area (Å²) in [6.07, 6.45) is 1.03. The van der Waals surface area contributed by atoms with Crippen LogP contribution < -0.4 is 5.32 Å². The van der Waals surface area contributed by atoms with Gasteiger partial charge in [0.15, 0.2) is 5.60 Å². The van der Waals surface area contributed by atoms with Crippen LogP contribution in [0.2, 0.25) is 0 Å². The van der Waals surface area contributed by atoms with E-state index in [0.717, 1.165) is 6.42 Å². The van der Waals surface area contributed by atoms with Crippen LogP contribution in [0.5, 0.6) is 0 Å². The molecule has 2 aliphatic heterocycles. The zero-order chi connectivity index (χ0) is 17.6. The van der Waals surface area contributed by atoms with Crippen LogP contribution in [0.4, 0.5) is 0 Å². The maximum Gasteiger partial charge on any atom is 0.303 e. The number of nitrogens with one attached hydrogen (secondary N) is 1. The second kappa shape index (κ2) is 3.62. The topological polar surface area (TPSA) is 92.8 Å². The molecular weight excluding hydrogens is 324 g/mol. The van der Waals surface area contributed by atoms with Gasteiger partial charge in [-0.2, -0.15) is 0 Å². The minimum atomic E-state index is -1.18. The fourth-order valence-corrected chi connectivity index (χ4v) is 8.85. The van der Waals surface area contributed by atoms with Crippen molar-refractivity contribution in [3.8, 4) is 0 Å². The zero-order valence-electron chi connectivity index (χ0n) is 14.3. The van der Waals surface area contributed by atoms with Gasteiger partial charge in [0.25, 0.3) is 5.91 Å². The molecule has 0 aromatic heterocycles. The number of carbonyl (C=O) groups is 4. The number of hydrogen-bond donors (Lipinski definition) is 1. The minimum absolute atomic E-state index is 0.0207. The van der Waals surface area contributed by atoms with Gasteiger partial charge in [0.1, 0.15) is 5.66 Å². The highest BCUT2D eigenvalue weighted by atomic mass is 16.6. The van der Waals surface area contributed by atoms with Crippen LogP contribution in [-0.4, -0.2) is 39.9 Å². The van der Waals surface area contributed by atoms with Crippen molar-refractivity contribution in [2.24, 2.45) is 47.3 Å². The summed E-state index contributed by atoms with van der Waals surface area (Å²) in [5.74, 6) is 0.142. The van der Waals surface area contributed by atoms with Crippen LogP contribution in [0.3, 0.4) is 0 Å². The van der Waals surface area contributed by atoms with E-state index in [-0.39, 0.29) is 35.5 Å². The molecule has 2 heterocycles. The number of hydrogen-bond acceptors (Lipinski definition) is 5. The molecule has 25 heavy (non-hydrogen) atoms. The average molecular weight is 344 g/mol. The predicted molar refractivity (Wildman–Crippen MR) is 81.1 cm³/mol. The number of amides is 3. The Kier molecular flexibility index (Phi) is 2.06. The lowest BCUT2D eigenvalue weighted by atomic mass is 9.49. The molecule has 0 aromatic carbocycles. The molecule has 7 rings (SSSR count). The molecule has 1 N–H and O–H groups in total. The van der Waals surface area contributed by atoms with Gasteiger partial charge in [-0.15, -0.1) is 0 Å². The van der Waals surface area contributed by atoms with Gasteiger partial charge < -0.3 is 10.1 Å². The third-order valence-corrected chi connectivity index (χ3v) is 8.42. The van der Waals surface area contributed by atoms with Crippen molar-refractivity contribution in [3.05, 3.63) is 0 Å². The Balaban J connectivity index is 1.63. The van der Waals surface area contributed by atoms with E-state index in [1.54, 1.807) is 0 Å². The van der Waals surface area contributed by atoms with E-state index >= 15 is 0 Å². The number of esters is 1. The number of ether oxygens (including phenoxy) is 1. The Morgan fingerprint density at radius 2 is 1.68 bits per heavy atom. The normalized spacial score (nSPS) is 57.2. The van der Waals surface area contributed by atoms with Crippen molar-refractivity contribution in [1.82, 2.24) is 10.2 Å². The maximum absolute atomic E-state index is 13.5. The Hall–Kier alpha value is -1.92. The number of carbonyl (C=O) groups excluding carboxylic acids is 4. The molecule has 10 unspecified atom stereocenters. The first-order valence-corrected chi connectivity index (χ1v) is 9.12. The van der Waals surface area contributed by atoms with Gasteiger partial charge in [-0.1, -0.05) is 0 Å². The molecule has 132 valence electrons. The summed E-state index contributed by atoms with van der Waals surface area (Å²) in [4.78, 5) is 51.2. The van der Waals surface area contributed by atoms with E-state index in [2.05, 4.69) is 5.32 Å². The summed E-state index contributed by atoms with van der Waals surface area (Å²) in [5.41, 5.74) is -2.08.